The second kappa shape index (κ2) is 9.73. The molecular weight excluding hydrogens is 196 g/mol. The van der Waals surface area contributed by atoms with E-state index in [1.165, 1.54) is 4.90 Å². The summed E-state index contributed by atoms with van der Waals surface area (Å²) in [6, 6.07) is -0.0460. The molecular formula is C10H22N2O3. The summed E-state index contributed by atoms with van der Waals surface area (Å²) in [5, 5.41) is 2.79. The number of unbranched alkanes of at least 4 members (excludes halogenated alkanes) is 1. The second-order valence-corrected chi connectivity index (χ2v) is 3.44. The fraction of sp³-hybridized carbons (Fsp3) is 0.900. The van der Waals surface area contributed by atoms with Crippen LogP contribution in [0.1, 0.15) is 12.8 Å². The van der Waals surface area contributed by atoms with Gasteiger partial charge < -0.3 is 19.7 Å². The topological polar surface area (TPSA) is 50.8 Å². The zero-order valence-corrected chi connectivity index (χ0v) is 9.91. The van der Waals surface area contributed by atoms with Crippen molar-refractivity contribution in [3.8, 4) is 0 Å². The van der Waals surface area contributed by atoms with Crippen LogP contribution in [0, 0.1) is 0 Å². The molecule has 0 aliphatic heterocycles. The molecule has 0 aliphatic rings. The van der Waals surface area contributed by atoms with E-state index >= 15 is 0 Å². The van der Waals surface area contributed by atoms with Gasteiger partial charge in [0.15, 0.2) is 0 Å². The number of ether oxygens (including phenoxy) is 2. The van der Waals surface area contributed by atoms with E-state index in [0.717, 1.165) is 19.4 Å². The molecule has 0 bridgehead atoms. The minimum absolute atomic E-state index is 0.0460. The summed E-state index contributed by atoms with van der Waals surface area (Å²) in [5.41, 5.74) is 0. The molecule has 5 nitrogen and oxygen atoms in total. The first-order chi connectivity index (χ1) is 7.18. The lowest BCUT2D eigenvalue weighted by molar-refractivity contribution is 0.0688. The van der Waals surface area contributed by atoms with Gasteiger partial charge in [0.2, 0.25) is 0 Å². The fourth-order valence-electron chi connectivity index (χ4n) is 0.927. The summed E-state index contributed by atoms with van der Waals surface area (Å²) in [6.07, 6.45) is 1.89. The molecule has 0 aliphatic carbocycles. The zero-order chi connectivity index (χ0) is 11.5. The number of hydrogen-bond acceptors (Lipinski definition) is 3. The molecule has 90 valence electrons. The first kappa shape index (κ1) is 14.2. The first-order valence-electron chi connectivity index (χ1n) is 5.20. The fourth-order valence-corrected chi connectivity index (χ4v) is 0.927. The Labute approximate surface area is 91.7 Å². The molecule has 5 heteroatoms. The van der Waals surface area contributed by atoms with Crippen molar-refractivity contribution in [2.45, 2.75) is 12.8 Å². The van der Waals surface area contributed by atoms with E-state index in [-0.39, 0.29) is 6.03 Å². The lowest BCUT2D eigenvalue weighted by Gasteiger charge is -2.11. The van der Waals surface area contributed by atoms with Crippen molar-refractivity contribution < 1.29 is 14.3 Å². The Morgan fingerprint density at radius 1 is 1.20 bits per heavy atom. The molecule has 0 heterocycles. The summed E-state index contributed by atoms with van der Waals surface area (Å²) < 4.78 is 10.1. The highest BCUT2D eigenvalue weighted by Crippen LogP contribution is 1.89. The third-order valence-electron chi connectivity index (χ3n) is 1.83. The van der Waals surface area contributed by atoms with Crippen molar-refractivity contribution in [1.82, 2.24) is 10.2 Å². The summed E-state index contributed by atoms with van der Waals surface area (Å²) in [4.78, 5) is 12.6. The molecule has 0 aromatic carbocycles. The SMILES string of the molecule is COCCOCCCCNC(=O)N(C)C. The molecule has 0 spiro atoms. The summed E-state index contributed by atoms with van der Waals surface area (Å²) in [7, 11) is 5.10. The van der Waals surface area contributed by atoms with Gasteiger partial charge in [-0.25, -0.2) is 4.79 Å². The van der Waals surface area contributed by atoms with Crippen LogP contribution in [0.3, 0.4) is 0 Å². The average Bonchev–Trinajstić information content (AvgIpc) is 2.21. The number of nitrogens with one attached hydrogen (secondary N) is 1. The van der Waals surface area contributed by atoms with Crippen LogP contribution < -0.4 is 5.32 Å². The van der Waals surface area contributed by atoms with Gasteiger partial charge in [-0.15, -0.1) is 0 Å². The molecule has 0 saturated heterocycles. The Bertz CT molecular complexity index is 163. The van der Waals surface area contributed by atoms with Gasteiger partial charge in [0.1, 0.15) is 0 Å². The molecule has 0 unspecified atom stereocenters. The predicted octanol–water partition coefficient (Wildman–Crippen LogP) is 0.701. The molecule has 0 saturated carbocycles. The van der Waals surface area contributed by atoms with Gasteiger partial charge in [-0.3, -0.25) is 0 Å². The minimum atomic E-state index is -0.0460. The Kier molecular flexibility index (Phi) is 9.21. The van der Waals surface area contributed by atoms with E-state index < -0.39 is 0 Å². The monoisotopic (exact) mass is 218 g/mol. The molecule has 1 N–H and O–H groups in total. The van der Waals surface area contributed by atoms with Crippen LogP contribution in [0.25, 0.3) is 0 Å². The maximum absolute atomic E-state index is 11.1. The lowest BCUT2D eigenvalue weighted by Crippen LogP contribution is -2.35. The largest absolute Gasteiger partial charge is 0.382 e. The highest BCUT2D eigenvalue weighted by molar-refractivity contribution is 5.73. The normalized spacial score (nSPS) is 10.1. The predicted molar refractivity (Wildman–Crippen MR) is 59.0 cm³/mol. The smallest absolute Gasteiger partial charge is 0.316 e. The van der Waals surface area contributed by atoms with E-state index in [1.54, 1.807) is 21.2 Å². The van der Waals surface area contributed by atoms with Crippen LogP contribution in [-0.2, 0) is 9.47 Å². The number of rotatable bonds is 8. The molecule has 2 amide bonds. The number of hydrogen-bond donors (Lipinski definition) is 1. The van der Waals surface area contributed by atoms with Crippen LogP contribution in [0.2, 0.25) is 0 Å². The third kappa shape index (κ3) is 9.49. The van der Waals surface area contributed by atoms with Gasteiger partial charge in [0, 0.05) is 34.4 Å². The Balaban J connectivity index is 3.08. The number of carbonyl (C=O) groups excluding carboxylic acids is 1. The Hall–Kier alpha value is -0.810. The summed E-state index contributed by atoms with van der Waals surface area (Å²) in [6.45, 7) is 2.70. The molecule has 0 rings (SSSR count). The van der Waals surface area contributed by atoms with Crippen molar-refractivity contribution in [2.75, 3.05) is 47.6 Å². The van der Waals surface area contributed by atoms with Crippen molar-refractivity contribution in [1.29, 1.82) is 0 Å². The molecule has 0 fully saturated rings. The van der Waals surface area contributed by atoms with Gasteiger partial charge in [-0.2, -0.15) is 0 Å². The number of carbonyl (C=O) groups is 1. The molecule has 0 radical (unpaired) electrons. The van der Waals surface area contributed by atoms with Gasteiger partial charge in [0.05, 0.1) is 13.2 Å². The van der Waals surface area contributed by atoms with Crippen LogP contribution in [-0.4, -0.2) is 58.5 Å². The third-order valence-corrected chi connectivity index (χ3v) is 1.83. The van der Waals surface area contributed by atoms with E-state index in [9.17, 15) is 4.79 Å². The Morgan fingerprint density at radius 2 is 1.93 bits per heavy atom. The highest BCUT2D eigenvalue weighted by Gasteiger charge is 2.00. The molecule has 0 aromatic rings. The Morgan fingerprint density at radius 3 is 2.53 bits per heavy atom. The van der Waals surface area contributed by atoms with Crippen LogP contribution in [0.15, 0.2) is 0 Å². The van der Waals surface area contributed by atoms with Crippen molar-refractivity contribution >= 4 is 6.03 Å². The number of methoxy groups -OCH3 is 1. The van der Waals surface area contributed by atoms with Crippen LogP contribution >= 0.6 is 0 Å². The number of nitrogens with zero attached hydrogens (tertiary/aromatic N) is 1. The first-order valence-corrected chi connectivity index (χ1v) is 5.20. The number of amides is 2. The van der Waals surface area contributed by atoms with Gasteiger partial charge in [-0.1, -0.05) is 0 Å². The summed E-state index contributed by atoms with van der Waals surface area (Å²) in [5.74, 6) is 0. The maximum Gasteiger partial charge on any atom is 0.316 e. The molecule has 0 aromatic heterocycles. The van der Waals surface area contributed by atoms with Crippen molar-refractivity contribution in [3.63, 3.8) is 0 Å². The minimum Gasteiger partial charge on any atom is -0.382 e. The maximum atomic E-state index is 11.1. The van der Waals surface area contributed by atoms with Crippen LogP contribution in [0.5, 0.6) is 0 Å². The van der Waals surface area contributed by atoms with E-state index in [4.69, 9.17) is 9.47 Å². The summed E-state index contributed by atoms with van der Waals surface area (Å²) >= 11 is 0. The van der Waals surface area contributed by atoms with Crippen molar-refractivity contribution in [3.05, 3.63) is 0 Å². The van der Waals surface area contributed by atoms with E-state index in [0.29, 0.717) is 19.8 Å². The van der Waals surface area contributed by atoms with Gasteiger partial charge >= 0.3 is 6.03 Å². The highest BCUT2D eigenvalue weighted by atomic mass is 16.5. The van der Waals surface area contributed by atoms with Gasteiger partial charge in [0.25, 0.3) is 0 Å². The quantitative estimate of drug-likeness (QED) is 0.610. The zero-order valence-electron chi connectivity index (χ0n) is 9.91. The van der Waals surface area contributed by atoms with E-state index in [2.05, 4.69) is 5.32 Å². The van der Waals surface area contributed by atoms with Crippen molar-refractivity contribution in [2.24, 2.45) is 0 Å². The number of urea groups is 1. The van der Waals surface area contributed by atoms with E-state index in [1.807, 2.05) is 0 Å². The lowest BCUT2D eigenvalue weighted by atomic mass is 10.3. The molecule has 0 atom stereocenters. The standard InChI is InChI=1S/C10H22N2O3/c1-12(2)10(13)11-6-4-5-7-15-9-8-14-3/h4-9H2,1-3H3,(H,11,13). The molecule has 15 heavy (non-hydrogen) atoms. The van der Waals surface area contributed by atoms with Gasteiger partial charge in [-0.05, 0) is 12.8 Å². The van der Waals surface area contributed by atoms with Crippen LogP contribution in [0.4, 0.5) is 4.79 Å². The second-order valence-electron chi connectivity index (χ2n) is 3.44. The average molecular weight is 218 g/mol.